The van der Waals surface area contributed by atoms with Crippen LogP contribution < -0.4 is 15.5 Å². The predicted molar refractivity (Wildman–Crippen MR) is 132 cm³/mol. The third-order valence-electron chi connectivity index (χ3n) is 5.69. The molecule has 5 rings (SSSR count). The summed E-state index contributed by atoms with van der Waals surface area (Å²) in [6, 6.07) is 16.9. The molecule has 7 nitrogen and oxygen atoms in total. The van der Waals surface area contributed by atoms with E-state index in [0.717, 1.165) is 29.8 Å². The summed E-state index contributed by atoms with van der Waals surface area (Å²) in [5.74, 6) is 1.43. The Bertz CT molecular complexity index is 1350. The lowest BCUT2D eigenvalue weighted by Crippen LogP contribution is -2.10. The van der Waals surface area contributed by atoms with E-state index >= 15 is 0 Å². The number of aromatic amines is 2. The van der Waals surface area contributed by atoms with Crippen LogP contribution in [0.1, 0.15) is 11.1 Å². The first-order valence-corrected chi connectivity index (χ1v) is 10.8. The molecule has 0 amide bonds. The number of hydrogen-bond acceptors (Lipinski definition) is 5. The number of nitrogens with zero attached hydrogens (tertiary/aromatic N) is 3. The average Bonchev–Trinajstić information content (AvgIpc) is 3.44. The number of aromatic nitrogens is 4. The summed E-state index contributed by atoms with van der Waals surface area (Å²) in [5, 5.41) is 9.22. The van der Waals surface area contributed by atoms with E-state index < -0.39 is 0 Å². The van der Waals surface area contributed by atoms with Crippen LogP contribution in [0, 0.1) is 0 Å². The molecule has 0 saturated carbocycles. The van der Waals surface area contributed by atoms with Crippen molar-refractivity contribution in [3.63, 3.8) is 0 Å². The second-order valence-electron chi connectivity index (χ2n) is 8.13. The van der Waals surface area contributed by atoms with Gasteiger partial charge in [0.05, 0.1) is 0 Å². The minimum absolute atomic E-state index is 0.630. The molecular formula is C25H27N7. The van der Waals surface area contributed by atoms with Crippen molar-refractivity contribution < 1.29 is 0 Å². The van der Waals surface area contributed by atoms with Crippen LogP contribution in [0.4, 0.5) is 17.5 Å². The van der Waals surface area contributed by atoms with Crippen LogP contribution >= 0.6 is 0 Å². The van der Waals surface area contributed by atoms with Crippen molar-refractivity contribution in [1.29, 1.82) is 0 Å². The fourth-order valence-electron chi connectivity index (χ4n) is 3.91. The summed E-state index contributed by atoms with van der Waals surface area (Å²) in [4.78, 5) is 17.7. The van der Waals surface area contributed by atoms with Crippen LogP contribution in [-0.4, -0.2) is 40.6 Å². The van der Waals surface area contributed by atoms with Gasteiger partial charge in [0, 0.05) is 67.9 Å². The Morgan fingerprint density at radius 1 is 0.938 bits per heavy atom. The van der Waals surface area contributed by atoms with Crippen molar-refractivity contribution in [1.82, 2.24) is 19.9 Å². The topological polar surface area (TPSA) is 84.7 Å². The third kappa shape index (κ3) is 4.23. The van der Waals surface area contributed by atoms with Crippen molar-refractivity contribution in [3.05, 3.63) is 78.2 Å². The van der Waals surface area contributed by atoms with E-state index in [1.165, 1.54) is 27.6 Å². The quantitative estimate of drug-likeness (QED) is 0.288. The molecule has 0 atom stereocenters. The van der Waals surface area contributed by atoms with E-state index in [4.69, 9.17) is 0 Å². The summed E-state index contributed by atoms with van der Waals surface area (Å²) in [7, 11) is 4.12. The molecule has 0 aliphatic carbocycles. The maximum absolute atomic E-state index is 4.60. The van der Waals surface area contributed by atoms with Crippen LogP contribution in [-0.2, 0) is 13.0 Å². The van der Waals surface area contributed by atoms with E-state index in [2.05, 4.69) is 98.2 Å². The summed E-state index contributed by atoms with van der Waals surface area (Å²) in [6.07, 6.45) is 6.71. The summed E-state index contributed by atoms with van der Waals surface area (Å²) in [6.45, 7) is 1.47. The molecule has 162 valence electrons. The number of benzene rings is 2. The zero-order chi connectivity index (χ0) is 21.9. The van der Waals surface area contributed by atoms with Crippen molar-refractivity contribution in [2.45, 2.75) is 13.0 Å². The van der Waals surface area contributed by atoms with Gasteiger partial charge in [-0.3, -0.25) is 0 Å². The predicted octanol–water partition coefficient (Wildman–Crippen LogP) is 4.77. The molecule has 0 unspecified atom stereocenters. The van der Waals surface area contributed by atoms with Crippen molar-refractivity contribution in [2.75, 3.05) is 36.2 Å². The van der Waals surface area contributed by atoms with Crippen LogP contribution in [0.3, 0.4) is 0 Å². The van der Waals surface area contributed by atoms with Crippen LogP contribution in [0.5, 0.6) is 0 Å². The van der Waals surface area contributed by atoms with E-state index in [1.807, 2.05) is 12.3 Å². The van der Waals surface area contributed by atoms with Gasteiger partial charge in [-0.15, -0.1) is 0 Å². The molecule has 5 aromatic rings. The lowest BCUT2D eigenvalue weighted by atomic mass is 10.1. The van der Waals surface area contributed by atoms with Gasteiger partial charge in [0.25, 0.3) is 0 Å². The lowest BCUT2D eigenvalue weighted by Gasteiger charge is -2.12. The number of H-pyrrole nitrogens is 2. The highest BCUT2D eigenvalue weighted by molar-refractivity contribution is 5.86. The summed E-state index contributed by atoms with van der Waals surface area (Å²) in [5.41, 5.74) is 6.00. The number of anilines is 3. The average molecular weight is 426 g/mol. The molecule has 2 aromatic carbocycles. The molecule has 32 heavy (non-hydrogen) atoms. The molecule has 0 radical (unpaired) electrons. The molecule has 0 fully saturated rings. The first kappa shape index (κ1) is 19.9. The Morgan fingerprint density at radius 2 is 1.84 bits per heavy atom. The van der Waals surface area contributed by atoms with Gasteiger partial charge in [-0.1, -0.05) is 6.07 Å². The Hall–Kier alpha value is -4.00. The van der Waals surface area contributed by atoms with Gasteiger partial charge in [-0.25, -0.2) is 4.98 Å². The SMILES string of the molecule is CN(C)c1ccc2[nH]cc(CCNc3nccc(NCc4ccc5[nH]ccc5c4)n3)c2c1. The third-order valence-corrected chi connectivity index (χ3v) is 5.69. The number of rotatable bonds is 8. The first-order chi connectivity index (χ1) is 15.7. The van der Waals surface area contributed by atoms with Gasteiger partial charge in [0.1, 0.15) is 5.82 Å². The van der Waals surface area contributed by atoms with Gasteiger partial charge < -0.3 is 25.5 Å². The van der Waals surface area contributed by atoms with Crippen LogP contribution in [0.2, 0.25) is 0 Å². The fraction of sp³-hybridized carbons (Fsp3) is 0.200. The summed E-state index contributed by atoms with van der Waals surface area (Å²) < 4.78 is 0. The van der Waals surface area contributed by atoms with E-state index in [-0.39, 0.29) is 0 Å². The molecule has 7 heteroatoms. The Kier molecular flexibility index (Phi) is 5.37. The molecule has 0 spiro atoms. The summed E-state index contributed by atoms with van der Waals surface area (Å²) >= 11 is 0. The van der Waals surface area contributed by atoms with Crippen LogP contribution in [0.25, 0.3) is 21.8 Å². The Morgan fingerprint density at radius 3 is 2.75 bits per heavy atom. The second kappa shape index (κ2) is 8.63. The van der Waals surface area contributed by atoms with Crippen molar-refractivity contribution in [2.24, 2.45) is 0 Å². The maximum atomic E-state index is 4.60. The minimum Gasteiger partial charge on any atom is -0.378 e. The molecule has 0 bridgehead atoms. The number of nitrogens with one attached hydrogen (secondary N) is 4. The van der Waals surface area contributed by atoms with Gasteiger partial charge in [0.2, 0.25) is 5.95 Å². The fourth-order valence-corrected chi connectivity index (χ4v) is 3.91. The molecule has 3 aromatic heterocycles. The monoisotopic (exact) mass is 425 g/mol. The van der Waals surface area contributed by atoms with Gasteiger partial charge in [0.15, 0.2) is 0 Å². The van der Waals surface area contributed by atoms with Gasteiger partial charge >= 0.3 is 0 Å². The van der Waals surface area contributed by atoms with Gasteiger partial charge in [-0.05, 0) is 65.4 Å². The molecular weight excluding hydrogens is 398 g/mol. The highest BCUT2D eigenvalue weighted by atomic mass is 15.1. The zero-order valence-corrected chi connectivity index (χ0v) is 18.3. The van der Waals surface area contributed by atoms with E-state index in [1.54, 1.807) is 6.20 Å². The number of fused-ring (bicyclic) bond motifs is 2. The minimum atomic E-state index is 0.630. The lowest BCUT2D eigenvalue weighted by molar-refractivity contribution is 0.985. The molecule has 0 aliphatic heterocycles. The Labute approximate surface area is 186 Å². The van der Waals surface area contributed by atoms with Gasteiger partial charge in [-0.2, -0.15) is 4.98 Å². The number of hydrogen-bond donors (Lipinski definition) is 4. The standard InChI is InChI=1S/C25H27N7/c1-32(2)20-4-6-23-21(14-20)19(16-29-23)8-11-27-25-28-12-9-24(31-25)30-15-17-3-5-22-18(13-17)7-10-26-22/h3-7,9-10,12-14,16,26,29H,8,11,15H2,1-2H3,(H2,27,28,30,31). The highest BCUT2D eigenvalue weighted by Crippen LogP contribution is 2.24. The van der Waals surface area contributed by atoms with E-state index in [9.17, 15) is 0 Å². The van der Waals surface area contributed by atoms with E-state index in [0.29, 0.717) is 12.5 Å². The van der Waals surface area contributed by atoms with Crippen LogP contribution in [0.15, 0.2) is 67.1 Å². The maximum Gasteiger partial charge on any atom is 0.224 e. The zero-order valence-electron chi connectivity index (χ0n) is 18.3. The normalized spacial score (nSPS) is 11.2. The Balaban J connectivity index is 1.20. The van der Waals surface area contributed by atoms with Crippen molar-refractivity contribution in [3.8, 4) is 0 Å². The van der Waals surface area contributed by atoms with Crippen molar-refractivity contribution >= 4 is 39.3 Å². The molecule has 3 heterocycles. The first-order valence-electron chi connectivity index (χ1n) is 10.8. The molecule has 0 saturated heterocycles. The smallest absolute Gasteiger partial charge is 0.224 e. The highest BCUT2D eigenvalue weighted by Gasteiger charge is 2.07. The molecule has 0 aliphatic rings. The molecule has 4 N–H and O–H groups in total. The largest absolute Gasteiger partial charge is 0.378 e. The second-order valence-corrected chi connectivity index (χ2v) is 8.13.